The fourth-order valence-corrected chi connectivity index (χ4v) is 4.98. The number of thiazole rings is 1. The molecular weight excluding hydrogens is 478 g/mol. The number of aromatic amines is 1. The highest BCUT2D eigenvalue weighted by molar-refractivity contribution is 7.16. The maximum Gasteiger partial charge on any atom is 0.263 e. The van der Waals surface area contributed by atoms with E-state index in [0.29, 0.717) is 48.8 Å². The Balaban J connectivity index is 1.40. The van der Waals surface area contributed by atoms with Crippen molar-refractivity contribution in [2.24, 2.45) is 0 Å². The second kappa shape index (κ2) is 9.51. The summed E-state index contributed by atoms with van der Waals surface area (Å²) < 4.78 is 12.8. The van der Waals surface area contributed by atoms with Crippen molar-refractivity contribution in [2.75, 3.05) is 31.6 Å². The Morgan fingerprint density at radius 2 is 2.03 bits per heavy atom. The van der Waals surface area contributed by atoms with Crippen LogP contribution >= 0.6 is 11.3 Å². The van der Waals surface area contributed by atoms with Gasteiger partial charge in [-0.05, 0) is 42.8 Å². The van der Waals surface area contributed by atoms with Gasteiger partial charge in [-0.25, -0.2) is 15.0 Å². The third-order valence-corrected chi connectivity index (χ3v) is 6.89. The van der Waals surface area contributed by atoms with Gasteiger partial charge in [-0.1, -0.05) is 0 Å². The highest BCUT2D eigenvalue weighted by atomic mass is 32.1. The molecule has 1 saturated heterocycles. The van der Waals surface area contributed by atoms with Crippen molar-refractivity contribution in [1.82, 2.24) is 30.0 Å². The van der Waals surface area contributed by atoms with E-state index in [1.165, 1.54) is 6.33 Å². The molecule has 1 amide bonds. The molecule has 1 aliphatic heterocycles. The summed E-state index contributed by atoms with van der Waals surface area (Å²) >= 11 is 1.58. The van der Waals surface area contributed by atoms with Crippen molar-refractivity contribution in [3.63, 3.8) is 0 Å². The third-order valence-electron chi connectivity index (χ3n) is 6.10. The Bertz CT molecular complexity index is 1530. The van der Waals surface area contributed by atoms with Gasteiger partial charge in [-0.3, -0.25) is 9.89 Å². The van der Waals surface area contributed by atoms with Crippen LogP contribution in [0.5, 0.6) is 5.75 Å². The van der Waals surface area contributed by atoms with Crippen LogP contribution in [-0.2, 0) is 9.53 Å². The highest BCUT2D eigenvalue weighted by Crippen LogP contribution is 2.37. The van der Waals surface area contributed by atoms with Crippen molar-refractivity contribution in [2.45, 2.75) is 13.0 Å². The van der Waals surface area contributed by atoms with Gasteiger partial charge < -0.3 is 19.7 Å². The summed E-state index contributed by atoms with van der Waals surface area (Å²) in [5.41, 5.74) is 6.08. The minimum Gasteiger partial charge on any atom is -0.480 e. The van der Waals surface area contributed by atoms with E-state index in [0.717, 1.165) is 27.0 Å². The van der Waals surface area contributed by atoms with Crippen molar-refractivity contribution in [3.05, 3.63) is 54.6 Å². The molecule has 6 rings (SSSR count). The first-order chi connectivity index (χ1) is 17.7. The summed E-state index contributed by atoms with van der Waals surface area (Å²) in [5.74, 6) is 1.02. The maximum atomic E-state index is 13.1. The number of benzene rings is 2. The highest BCUT2D eigenvalue weighted by Gasteiger charge is 2.25. The molecule has 1 aliphatic rings. The van der Waals surface area contributed by atoms with Crippen molar-refractivity contribution >= 4 is 49.9 Å². The quantitative estimate of drug-likeness (QED) is 0.358. The Hall–Kier alpha value is -4.09. The van der Waals surface area contributed by atoms with E-state index in [9.17, 15) is 4.79 Å². The predicted molar refractivity (Wildman–Crippen MR) is 138 cm³/mol. The van der Waals surface area contributed by atoms with Gasteiger partial charge in [-0.2, -0.15) is 5.10 Å². The molecule has 3 aromatic heterocycles. The van der Waals surface area contributed by atoms with Crippen LogP contribution in [-0.4, -0.2) is 68.4 Å². The summed E-state index contributed by atoms with van der Waals surface area (Å²) in [4.78, 5) is 28.3. The maximum absolute atomic E-state index is 13.1. The normalized spacial score (nSPS) is 14.8. The number of nitrogens with zero attached hydrogens (tertiary/aromatic N) is 5. The molecule has 1 atom stereocenters. The van der Waals surface area contributed by atoms with E-state index in [1.54, 1.807) is 35.6 Å². The zero-order valence-corrected chi connectivity index (χ0v) is 20.3. The van der Waals surface area contributed by atoms with Crippen LogP contribution in [0.1, 0.15) is 6.92 Å². The lowest BCUT2D eigenvalue weighted by Crippen LogP contribution is -2.46. The first kappa shape index (κ1) is 22.4. The second-order valence-corrected chi connectivity index (χ2v) is 9.32. The van der Waals surface area contributed by atoms with Gasteiger partial charge >= 0.3 is 0 Å². The van der Waals surface area contributed by atoms with E-state index in [4.69, 9.17) is 9.47 Å². The number of fused-ring (bicyclic) bond motifs is 2. The lowest BCUT2D eigenvalue weighted by atomic mass is 10.1. The number of rotatable bonds is 6. The number of nitrogens with one attached hydrogen (secondary N) is 2. The monoisotopic (exact) mass is 501 g/mol. The first-order valence-corrected chi connectivity index (χ1v) is 12.4. The van der Waals surface area contributed by atoms with Crippen LogP contribution < -0.4 is 10.1 Å². The average molecular weight is 502 g/mol. The van der Waals surface area contributed by atoms with Crippen LogP contribution in [0.15, 0.2) is 54.6 Å². The fourth-order valence-electron chi connectivity index (χ4n) is 4.27. The molecule has 0 bridgehead atoms. The largest absolute Gasteiger partial charge is 0.480 e. The Labute approximate surface area is 210 Å². The number of aromatic nitrogens is 5. The van der Waals surface area contributed by atoms with Gasteiger partial charge in [0.25, 0.3) is 5.91 Å². The number of anilines is 2. The predicted octanol–water partition coefficient (Wildman–Crippen LogP) is 4.00. The molecule has 5 aromatic rings. The van der Waals surface area contributed by atoms with Gasteiger partial charge in [0.2, 0.25) is 0 Å². The average Bonchev–Trinajstić information content (AvgIpc) is 3.61. The third kappa shape index (κ3) is 4.34. The molecule has 36 heavy (non-hydrogen) atoms. The zero-order chi connectivity index (χ0) is 24.5. The van der Waals surface area contributed by atoms with E-state index in [-0.39, 0.29) is 5.91 Å². The van der Waals surface area contributed by atoms with E-state index in [2.05, 4.69) is 30.5 Å². The van der Waals surface area contributed by atoms with Crippen LogP contribution in [0.3, 0.4) is 0 Å². The molecule has 0 unspecified atom stereocenters. The molecule has 4 heterocycles. The van der Waals surface area contributed by atoms with Crippen LogP contribution in [0.25, 0.3) is 32.2 Å². The summed E-state index contributed by atoms with van der Waals surface area (Å²) in [6, 6.07) is 9.82. The van der Waals surface area contributed by atoms with E-state index in [1.807, 2.05) is 35.8 Å². The van der Waals surface area contributed by atoms with E-state index >= 15 is 0 Å². The smallest absolute Gasteiger partial charge is 0.263 e. The Morgan fingerprint density at radius 3 is 2.86 bits per heavy atom. The first-order valence-electron chi connectivity index (χ1n) is 11.6. The SMILES string of the molecule is C[C@@H](Oc1cc(-c2cn[nH]c2)cc2ncnc(Nc3ccc4ncsc4c3)c12)C(=O)N1CCOCC1. The summed E-state index contributed by atoms with van der Waals surface area (Å²) in [6.45, 7) is 3.94. The van der Waals surface area contributed by atoms with Crippen molar-refractivity contribution < 1.29 is 14.3 Å². The summed E-state index contributed by atoms with van der Waals surface area (Å²) in [7, 11) is 0. The van der Waals surface area contributed by atoms with Crippen molar-refractivity contribution in [3.8, 4) is 16.9 Å². The summed E-state index contributed by atoms with van der Waals surface area (Å²) in [5, 5.41) is 11.0. The molecule has 0 aliphatic carbocycles. The number of amides is 1. The minimum atomic E-state index is -0.701. The lowest BCUT2D eigenvalue weighted by Gasteiger charge is -2.29. The molecule has 11 heteroatoms. The van der Waals surface area contributed by atoms with Gasteiger partial charge in [0, 0.05) is 30.5 Å². The number of hydrogen-bond acceptors (Lipinski definition) is 9. The van der Waals surface area contributed by atoms with Gasteiger partial charge in [0.1, 0.15) is 17.9 Å². The molecular formula is C25H23N7O3S. The van der Waals surface area contributed by atoms with Crippen molar-refractivity contribution in [1.29, 1.82) is 0 Å². The molecule has 1 fully saturated rings. The van der Waals surface area contributed by atoms with Crippen LogP contribution in [0, 0.1) is 0 Å². The Morgan fingerprint density at radius 1 is 1.14 bits per heavy atom. The molecule has 2 N–H and O–H groups in total. The van der Waals surface area contributed by atoms with Gasteiger partial charge in [0.15, 0.2) is 6.10 Å². The fraction of sp³-hybridized carbons (Fsp3) is 0.240. The standard InChI is InChI=1S/C25H23N7O3S/c1-15(25(33)32-4-6-34-7-5-32)35-21-9-16(17-11-29-30-12-17)8-20-23(21)24(27-13-26-20)31-18-2-3-19-22(10-18)36-14-28-19/h2-3,8-15H,4-7H2,1H3,(H,29,30)(H,26,27,31)/t15-/m1/s1. The number of morpholine rings is 1. The molecule has 2 aromatic carbocycles. The molecule has 10 nitrogen and oxygen atoms in total. The molecule has 0 radical (unpaired) electrons. The molecule has 182 valence electrons. The molecule has 0 saturated carbocycles. The topological polar surface area (TPSA) is 118 Å². The number of hydrogen-bond donors (Lipinski definition) is 2. The lowest BCUT2D eigenvalue weighted by molar-refractivity contribution is -0.142. The van der Waals surface area contributed by atoms with Gasteiger partial charge in [0.05, 0.1) is 46.0 Å². The Kier molecular flexibility index (Phi) is 5.91. The second-order valence-electron chi connectivity index (χ2n) is 8.44. The van der Waals surface area contributed by atoms with Crippen LogP contribution in [0.2, 0.25) is 0 Å². The zero-order valence-electron chi connectivity index (χ0n) is 19.5. The molecule has 0 spiro atoms. The minimum absolute atomic E-state index is 0.0813. The number of ether oxygens (including phenoxy) is 2. The number of H-pyrrole nitrogens is 1. The summed E-state index contributed by atoms with van der Waals surface area (Å²) in [6.07, 6.45) is 4.35. The number of carbonyl (C=O) groups is 1. The number of carbonyl (C=O) groups excluding carboxylic acids is 1. The van der Waals surface area contributed by atoms with E-state index < -0.39 is 6.10 Å². The van der Waals surface area contributed by atoms with Crippen LogP contribution in [0.4, 0.5) is 11.5 Å². The van der Waals surface area contributed by atoms with Gasteiger partial charge in [-0.15, -0.1) is 11.3 Å².